The number of thioether (sulfide) groups is 1. The van der Waals surface area contributed by atoms with Gasteiger partial charge in [-0.1, -0.05) is 30.3 Å². The van der Waals surface area contributed by atoms with Gasteiger partial charge in [0.25, 0.3) is 0 Å². The molecule has 0 saturated carbocycles. The smallest absolute Gasteiger partial charge is 0.326 e. The maximum Gasteiger partial charge on any atom is 0.326 e. The Morgan fingerprint density at radius 3 is 2.59 bits per heavy atom. The van der Waals surface area contributed by atoms with Crippen molar-refractivity contribution in [2.24, 2.45) is 5.73 Å². The number of nitrogens with one attached hydrogen (secondary N) is 3. The van der Waals surface area contributed by atoms with Gasteiger partial charge in [0.2, 0.25) is 17.7 Å². The predicted octanol–water partition coefficient (Wildman–Crippen LogP) is 0.321. The molecule has 0 aliphatic carbocycles. The van der Waals surface area contributed by atoms with E-state index in [1.165, 1.54) is 29.2 Å². The van der Waals surface area contributed by atoms with Crippen molar-refractivity contribution in [2.75, 3.05) is 18.6 Å². The highest BCUT2D eigenvalue weighted by atomic mass is 32.2. The second-order valence-corrected chi connectivity index (χ2v) is 9.99. The maximum atomic E-state index is 13.2. The van der Waals surface area contributed by atoms with Crippen LogP contribution in [0.3, 0.4) is 0 Å². The molecule has 3 amide bonds. The highest BCUT2D eigenvalue weighted by molar-refractivity contribution is 7.98. The summed E-state index contributed by atoms with van der Waals surface area (Å²) in [7, 11) is 0. The largest absolute Gasteiger partial charge is 0.480 e. The number of rotatable bonds is 13. The first-order valence-electron chi connectivity index (χ1n) is 12.2. The molecule has 12 heteroatoms. The first-order valence-corrected chi connectivity index (χ1v) is 13.6. The van der Waals surface area contributed by atoms with Crippen LogP contribution in [-0.2, 0) is 32.0 Å². The molecule has 4 atom stereocenters. The van der Waals surface area contributed by atoms with Crippen molar-refractivity contribution in [3.8, 4) is 0 Å². The minimum Gasteiger partial charge on any atom is -0.480 e. The third kappa shape index (κ3) is 8.05. The lowest BCUT2D eigenvalue weighted by atomic mass is 10.0. The van der Waals surface area contributed by atoms with Crippen LogP contribution in [0.25, 0.3) is 0 Å². The van der Waals surface area contributed by atoms with E-state index in [0.29, 0.717) is 43.7 Å². The molecule has 1 aliphatic rings. The summed E-state index contributed by atoms with van der Waals surface area (Å²) in [5.41, 5.74) is 7.68. The standard InChI is InChI=1S/C25H34N6O5S/c1-37-11-9-19(22(32)30-20(25(35)36)13-17-14-27-15-28-17)29-23(33)21-8-5-10-31(21)24(34)18(26)12-16-6-3-2-4-7-16/h2-4,6-7,14-15,18-21H,5,8-13,26H2,1H3,(H,27,28)(H,29,33)(H,30,32)(H,35,36). The lowest BCUT2D eigenvalue weighted by molar-refractivity contribution is -0.143. The van der Waals surface area contributed by atoms with Crippen molar-refractivity contribution in [1.82, 2.24) is 25.5 Å². The molecule has 4 unspecified atom stereocenters. The van der Waals surface area contributed by atoms with Gasteiger partial charge in [-0.3, -0.25) is 14.4 Å². The van der Waals surface area contributed by atoms with Crippen LogP contribution in [0.1, 0.15) is 30.5 Å². The minimum atomic E-state index is -1.20. The van der Waals surface area contributed by atoms with E-state index >= 15 is 0 Å². The lowest BCUT2D eigenvalue weighted by Gasteiger charge is -2.28. The fourth-order valence-electron chi connectivity index (χ4n) is 4.33. The van der Waals surface area contributed by atoms with Crippen molar-refractivity contribution in [1.29, 1.82) is 0 Å². The summed E-state index contributed by atoms with van der Waals surface area (Å²) in [5, 5.41) is 14.9. The molecule has 1 fully saturated rings. The topological polar surface area (TPSA) is 171 Å². The number of H-pyrrole nitrogens is 1. The van der Waals surface area contributed by atoms with Gasteiger partial charge in [0.05, 0.1) is 12.4 Å². The van der Waals surface area contributed by atoms with Crippen LogP contribution in [0.5, 0.6) is 0 Å². The number of amides is 3. The summed E-state index contributed by atoms with van der Waals surface area (Å²) in [6.07, 6.45) is 6.59. The number of hydrogen-bond donors (Lipinski definition) is 5. The third-order valence-electron chi connectivity index (χ3n) is 6.29. The molecule has 2 heterocycles. The molecule has 2 aromatic rings. The highest BCUT2D eigenvalue weighted by Crippen LogP contribution is 2.20. The summed E-state index contributed by atoms with van der Waals surface area (Å²) in [6, 6.07) is 5.77. The number of imidazole rings is 1. The molecule has 1 aromatic carbocycles. The van der Waals surface area contributed by atoms with Gasteiger partial charge in [-0.2, -0.15) is 11.8 Å². The van der Waals surface area contributed by atoms with Crippen LogP contribution in [0.15, 0.2) is 42.9 Å². The van der Waals surface area contributed by atoms with Crippen molar-refractivity contribution >= 4 is 35.5 Å². The first kappa shape index (κ1) is 28.2. The summed E-state index contributed by atoms with van der Waals surface area (Å²) < 4.78 is 0. The number of carbonyl (C=O) groups excluding carboxylic acids is 3. The first-order chi connectivity index (χ1) is 17.8. The summed E-state index contributed by atoms with van der Waals surface area (Å²) >= 11 is 1.50. The zero-order valence-electron chi connectivity index (χ0n) is 20.8. The molecule has 3 rings (SSSR count). The van der Waals surface area contributed by atoms with E-state index in [9.17, 15) is 24.3 Å². The van der Waals surface area contributed by atoms with Gasteiger partial charge in [-0.15, -0.1) is 0 Å². The predicted molar refractivity (Wildman–Crippen MR) is 140 cm³/mol. The zero-order chi connectivity index (χ0) is 26.8. The Morgan fingerprint density at radius 1 is 1.19 bits per heavy atom. The van der Waals surface area contributed by atoms with Crippen LogP contribution in [0.4, 0.5) is 0 Å². The minimum absolute atomic E-state index is 0.0223. The highest BCUT2D eigenvalue weighted by Gasteiger charge is 2.38. The number of nitrogens with two attached hydrogens (primary N) is 1. The Kier molecular flexibility index (Phi) is 10.5. The Hall–Kier alpha value is -3.38. The Bertz CT molecular complexity index is 1050. The van der Waals surface area contributed by atoms with Gasteiger partial charge >= 0.3 is 5.97 Å². The fraction of sp³-hybridized carbons (Fsp3) is 0.480. The number of carboxylic acid groups (broad SMARTS) is 1. The molecule has 0 radical (unpaired) electrons. The molecular weight excluding hydrogens is 496 g/mol. The summed E-state index contributed by atoms with van der Waals surface area (Å²) in [4.78, 5) is 59.3. The van der Waals surface area contributed by atoms with Gasteiger partial charge in [0.15, 0.2) is 0 Å². The molecular formula is C25H34N6O5S. The van der Waals surface area contributed by atoms with Crippen molar-refractivity contribution in [2.45, 2.75) is 56.3 Å². The average molecular weight is 531 g/mol. The molecule has 37 heavy (non-hydrogen) atoms. The van der Waals surface area contributed by atoms with Crippen molar-refractivity contribution in [3.05, 3.63) is 54.1 Å². The number of aromatic amines is 1. The summed E-state index contributed by atoms with van der Waals surface area (Å²) in [6.45, 7) is 0.409. The SMILES string of the molecule is CSCCC(NC(=O)C1CCCN1C(=O)C(N)Cc1ccccc1)C(=O)NC(Cc1cnc[nH]1)C(=O)O. The van der Waals surface area contributed by atoms with Gasteiger partial charge in [0, 0.05) is 24.9 Å². The van der Waals surface area contributed by atoms with Gasteiger partial charge in [-0.25, -0.2) is 9.78 Å². The molecule has 0 spiro atoms. The van der Waals surface area contributed by atoms with E-state index in [1.54, 1.807) is 0 Å². The number of likely N-dealkylation sites (tertiary alicyclic amines) is 1. The number of benzene rings is 1. The molecule has 6 N–H and O–H groups in total. The van der Waals surface area contributed by atoms with Crippen molar-refractivity contribution in [3.63, 3.8) is 0 Å². The van der Waals surface area contributed by atoms with E-state index < -0.39 is 42.0 Å². The number of nitrogens with zero attached hydrogens (tertiary/aromatic N) is 2. The lowest BCUT2D eigenvalue weighted by Crippen LogP contribution is -2.57. The monoisotopic (exact) mass is 530 g/mol. The average Bonchev–Trinajstić information content (AvgIpc) is 3.58. The molecule has 0 bridgehead atoms. The van der Waals surface area contributed by atoms with E-state index in [-0.39, 0.29) is 12.3 Å². The van der Waals surface area contributed by atoms with E-state index in [1.807, 2.05) is 36.6 Å². The molecule has 1 saturated heterocycles. The fourth-order valence-corrected chi connectivity index (χ4v) is 4.80. The van der Waals surface area contributed by atoms with Crippen LogP contribution in [0, 0.1) is 0 Å². The zero-order valence-corrected chi connectivity index (χ0v) is 21.6. The van der Waals surface area contributed by atoms with Gasteiger partial charge < -0.3 is 31.4 Å². The number of carbonyl (C=O) groups is 4. The van der Waals surface area contributed by atoms with Gasteiger partial charge in [0.1, 0.15) is 18.1 Å². The van der Waals surface area contributed by atoms with Gasteiger partial charge in [-0.05, 0) is 43.3 Å². The molecule has 11 nitrogen and oxygen atoms in total. The van der Waals surface area contributed by atoms with Crippen molar-refractivity contribution < 1.29 is 24.3 Å². The second-order valence-electron chi connectivity index (χ2n) is 9.01. The second kappa shape index (κ2) is 13.8. The van der Waals surface area contributed by atoms with E-state index in [2.05, 4.69) is 20.6 Å². The van der Waals surface area contributed by atoms with E-state index in [0.717, 1.165) is 5.56 Å². The number of hydrogen-bond acceptors (Lipinski definition) is 7. The number of carboxylic acids is 1. The van der Waals surface area contributed by atoms with E-state index in [4.69, 9.17) is 5.73 Å². The van der Waals surface area contributed by atoms with Crippen LogP contribution < -0.4 is 16.4 Å². The van der Waals surface area contributed by atoms with Crippen LogP contribution in [-0.4, -0.2) is 86.4 Å². The Morgan fingerprint density at radius 2 is 1.95 bits per heavy atom. The summed E-state index contributed by atoms with van der Waals surface area (Å²) in [5.74, 6) is -1.97. The Balaban J connectivity index is 1.64. The quantitative estimate of drug-likeness (QED) is 0.246. The van der Waals surface area contributed by atoms with Crippen LogP contribution >= 0.6 is 11.8 Å². The maximum absolute atomic E-state index is 13.2. The number of aromatic nitrogens is 2. The molecule has 1 aromatic heterocycles. The third-order valence-corrected chi connectivity index (χ3v) is 6.94. The number of aliphatic carboxylic acids is 1. The van der Waals surface area contributed by atoms with Crippen LogP contribution in [0.2, 0.25) is 0 Å². The molecule has 200 valence electrons. The Labute approximate surface area is 220 Å². The normalized spacial score (nSPS) is 17.6. The molecule has 1 aliphatic heterocycles.